The number of carbonyl (C=O) groups is 3. The highest BCUT2D eigenvalue weighted by molar-refractivity contribution is 6.42. The maximum absolute atomic E-state index is 12.7. The van der Waals surface area contributed by atoms with E-state index < -0.39 is 12.1 Å². The SMILES string of the molecule is CC(c1ccccc1)N1C(=O)NC(CCC(=O)NCc2ccc(Cl)c(Cl)c2)C1=O. The van der Waals surface area contributed by atoms with Gasteiger partial charge in [0.2, 0.25) is 5.91 Å². The molecule has 0 aliphatic carbocycles. The van der Waals surface area contributed by atoms with Crippen LogP contribution in [0.5, 0.6) is 0 Å². The number of halogens is 2. The molecule has 6 nitrogen and oxygen atoms in total. The molecule has 0 aromatic heterocycles. The summed E-state index contributed by atoms with van der Waals surface area (Å²) in [5, 5.41) is 6.32. The minimum Gasteiger partial charge on any atom is -0.352 e. The largest absolute Gasteiger partial charge is 0.352 e. The molecule has 3 rings (SSSR count). The third-order valence-electron chi connectivity index (χ3n) is 4.86. The highest BCUT2D eigenvalue weighted by atomic mass is 35.5. The molecule has 2 N–H and O–H groups in total. The van der Waals surface area contributed by atoms with Gasteiger partial charge in [-0.1, -0.05) is 59.6 Å². The summed E-state index contributed by atoms with van der Waals surface area (Å²) >= 11 is 11.8. The van der Waals surface area contributed by atoms with Gasteiger partial charge in [-0.3, -0.25) is 14.5 Å². The van der Waals surface area contributed by atoms with Gasteiger partial charge in [-0.05, 0) is 36.6 Å². The first-order chi connectivity index (χ1) is 13.9. The molecule has 1 aliphatic rings. The van der Waals surface area contributed by atoms with Gasteiger partial charge in [-0.25, -0.2) is 4.79 Å². The van der Waals surface area contributed by atoms with Crippen LogP contribution < -0.4 is 10.6 Å². The molecule has 2 aromatic carbocycles. The molecule has 1 aliphatic heterocycles. The molecule has 1 heterocycles. The summed E-state index contributed by atoms with van der Waals surface area (Å²) < 4.78 is 0. The number of urea groups is 1. The van der Waals surface area contributed by atoms with Gasteiger partial charge in [0.05, 0.1) is 16.1 Å². The van der Waals surface area contributed by atoms with Gasteiger partial charge in [0.1, 0.15) is 6.04 Å². The van der Waals surface area contributed by atoms with Gasteiger partial charge in [-0.15, -0.1) is 0 Å². The first kappa shape index (κ1) is 21.1. The van der Waals surface area contributed by atoms with Crippen molar-refractivity contribution in [1.82, 2.24) is 15.5 Å². The van der Waals surface area contributed by atoms with Crippen molar-refractivity contribution in [3.8, 4) is 0 Å². The van der Waals surface area contributed by atoms with Crippen LogP contribution >= 0.6 is 23.2 Å². The van der Waals surface area contributed by atoms with E-state index in [1.807, 2.05) is 30.3 Å². The number of nitrogens with one attached hydrogen (secondary N) is 2. The lowest BCUT2D eigenvalue weighted by atomic mass is 10.1. The predicted molar refractivity (Wildman–Crippen MR) is 112 cm³/mol. The monoisotopic (exact) mass is 433 g/mol. The number of nitrogens with zero attached hydrogens (tertiary/aromatic N) is 1. The summed E-state index contributed by atoms with van der Waals surface area (Å²) in [6.45, 7) is 2.11. The Morgan fingerprint density at radius 2 is 1.86 bits per heavy atom. The second kappa shape index (κ2) is 9.29. The van der Waals surface area contributed by atoms with Crippen molar-refractivity contribution >= 4 is 41.0 Å². The fourth-order valence-electron chi connectivity index (χ4n) is 3.21. The zero-order valence-corrected chi connectivity index (χ0v) is 17.3. The Balaban J connectivity index is 1.51. The van der Waals surface area contributed by atoms with Crippen LogP contribution in [0.3, 0.4) is 0 Å². The second-order valence-corrected chi connectivity index (χ2v) is 7.68. The summed E-state index contributed by atoms with van der Waals surface area (Å²) in [6, 6.07) is 13.0. The van der Waals surface area contributed by atoms with Gasteiger partial charge in [0.25, 0.3) is 5.91 Å². The number of carbonyl (C=O) groups excluding carboxylic acids is 3. The third kappa shape index (κ3) is 5.08. The van der Waals surface area contributed by atoms with Crippen molar-refractivity contribution in [2.45, 2.75) is 38.4 Å². The summed E-state index contributed by atoms with van der Waals surface area (Å²) in [6.07, 6.45) is 0.349. The fourth-order valence-corrected chi connectivity index (χ4v) is 3.53. The molecule has 0 saturated carbocycles. The Morgan fingerprint density at radius 3 is 2.55 bits per heavy atom. The van der Waals surface area contributed by atoms with E-state index in [4.69, 9.17) is 23.2 Å². The van der Waals surface area contributed by atoms with Gasteiger partial charge >= 0.3 is 6.03 Å². The molecule has 0 radical (unpaired) electrons. The first-order valence-corrected chi connectivity index (χ1v) is 10.0. The Kier molecular flexibility index (Phi) is 6.77. The average Bonchev–Trinajstić information content (AvgIpc) is 3.00. The molecule has 2 aromatic rings. The van der Waals surface area contributed by atoms with Gasteiger partial charge in [0, 0.05) is 13.0 Å². The van der Waals surface area contributed by atoms with Crippen molar-refractivity contribution in [2.24, 2.45) is 0 Å². The summed E-state index contributed by atoms with van der Waals surface area (Å²) in [4.78, 5) is 38.3. The summed E-state index contributed by atoms with van der Waals surface area (Å²) in [5.74, 6) is -0.531. The molecular formula is C21H21Cl2N3O3. The van der Waals surface area contributed by atoms with Crippen molar-refractivity contribution in [3.05, 3.63) is 69.7 Å². The minimum absolute atomic E-state index is 0.117. The van der Waals surface area contributed by atoms with E-state index in [9.17, 15) is 14.4 Å². The molecule has 1 saturated heterocycles. The van der Waals surface area contributed by atoms with Crippen LogP contribution in [-0.2, 0) is 16.1 Å². The Morgan fingerprint density at radius 1 is 1.14 bits per heavy atom. The third-order valence-corrected chi connectivity index (χ3v) is 5.59. The number of rotatable bonds is 7. The van der Waals surface area contributed by atoms with Crippen LogP contribution in [0.1, 0.15) is 36.9 Å². The van der Waals surface area contributed by atoms with Crippen LogP contribution in [0.25, 0.3) is 0 Å². The van der Waals surface area contributed by atoms with E-state index in [1.165, 1.54) is 4.90 Å². The lowest BCUT2D eigenvalue weighted by Crippen LogP contribution is -2.34. The van der Waals surface area contributed by atoms with Crippen LogP contribution in [-0.4, -0.2) is 28.8 Å². The molecule has 0 bridgehead atoms. The zero-order chi connectivity index (χ0) is 21.0. The second-order valence-electron chi connectivity index (χ2n) is 6.86. The lowest BCUT2D eigenvalue weighted by Gasteiger charge is -2.21. The van der Waals surface area contributed by atoms with E-state index >= 15 is 0 Å². The highest BCUT2D eigenvalue weighted by Crippen LogP contribution is 2.25. The molecular weight excluding hydrogens is 413 g/mol. The minimum atomic E-state index is -0.704. The topological polar surface area (TPSA) is 78.5 Å². The standard InChI is InChI=1S/C21H21Cl2N3O3/c1-13(15-5-3-2-4-6-15)26-20(28)18(25-21(26)29)9-10-19(27)24-12-14-7-8-16(22)17(23)11-14/h2-8,11,13,18H,9-10,12H2,1H3,(H,24,27)(H,25,29). The van der Waals surface area contributed by atoms with E-state index in [2.05, 4.69) is 10.6 Å². The molecule has 2 unspecified atom stereocenters. The van der Waals surface area contributed by atoms with E-state index in [1.54, 1.807) is 25.1 Å². The number of imide groups is 1. The summed E-state index contributed by atoms with van der Waals surface area (Å²) in [5.41, 5.74) is 1.69. The molecule has 29 heavy (non-hydrogen) atoms. The van der Waals surface area contributed by atoms with Crippen LogP contribution in [0, 0.1) is 0 Å². The normalized spacial score (nSPS) is 17.2. The molecule has 2 atom stereocenters. The van der Waals surface area contributed by atoms with Crippen molar-refractivity contribution in [1.29, 1.82) is 0 Å². The maximum atomic E-state index is 12.7. The van der Waals surface area contributed by atoms with E-state index in [0.29, 0.717) is 16.6 Å². The molecule has 152 valence electrons. The van der Waals surface area contributed by atoms with Gasteiger partial charge in [-0.2, -0.15) is 0 Å². The smallest absolute Gasteiger partial charge is 0.325 e. The lowest BCUT2D eigenvalue weighted by molar-refractivity contribution is -0.129. The zero-order valence-electron chi connectivity index (χ0n) is 15.8. The first-order valence-electron chi connectivity index (χ1n) is 9.26. The highest BCUT2D eigenvalue weighted by Gasteiger charge is 2.40. The van der Waals surface area contributed by atoms with Crippen LogP contribution in [0.15, 0.2) is 48.5 Å². The quantitative estimate of drug-likeness (QED) is 0.645. The molecule has 8 heteroatoms. The maximum Gasteiger partial charge on any atom is 0.325 e. The van der Waals surface area contributed by atoms with Crippen molar-refractivity contribution < 1.29 is 14.4 Å². The number of benzene rings is 2. The van der Waals surface area contributed by atoms with Crippen molar-refractivity contribution in [3.63, 3.8) is 0 Å². The number of hydrogen-bond donors (Lipinski definition) is 2. The Labute approximate surface area is 179 Å². The fraction of sp³-hybridized carbons (Fsp3) is 0.286. The van der Waals surface area contributed by atoms with Crippen molar-refractivity contribution in [2.75, 3.05) is 0 Å². The van der Waals surface area contributed by atoms with E-state index in [-0.39, 0.29) is 30.7 Å². The Bertz CT molecular complexity index is 921. The molecule has 4 amide bonds. The summed E-state index contributed by atoms with van der Waals surface area (Å²) in [7, 11) is 0. The van der Waals surface area contributed by atoms with Gasteiger partial charge in [0.15, 0.2) is 0 Å². The van der Waals surface area contributed by atoms with E-state index in [0.717, 1.165) is 11.1 Å². The molecule has 0 spiro atoms. The average molecular weight is 434 g/mol. The Hall–Kier alpha value is -2.57. The number of hydrogen-bond acceptors (Lipinski definition) is 3. The van der Waals surface area contributed by atoms with Crippen LogP contribution in [0.2, 0.25) is 10.0 Å². The predicted octanol–water partition coefficient (Wildman–Crippen LogP) is 4.07. The van der Waals surface area contributed by atoms with Gasteiger partial charge < -0.3 is 10.6 Å². The number of amides is 4. The molecule has 1 fully saturated rings. The van der Waals surface area contributed by atoms with Crippen LogP contribution in [0.4, 0.5) is 4.79 Å².